The zero-order valence-corrected chi connectivity index (χ0v) is 17.9. The smallest absolute Gasteiger partial charge is 0.253 e. The first-order valence-electron chi connectivity index (χ1n) is 8.84. The molecule has 1 fully saturated rings. The molecule has 1 aliphatic rings. The van der Waals surface area contributed by atoms with Crippen molar-refractivity contribution in [3.63, 3.8) is 0 Å². The Hall–Kier alpha value is -1.42. The summed E-state index contributed by atoms with van der Waals surface area (Å²) in [7, 11) is -3.76. The van der Waals surface area contributed by atoms with Crippen LogP contribution < -0.4 is 5.32 Å². The molecule has 27 heavy (non-hydrogen) atoms. The minimum atomic E-state index is -3.76. The molecule has 0 aliphatic carbocycles. The van der Waals surface area contributed by atoms with Crippen molar-refractivity contribution in [2.45, 2.75) is 56.3 Å². The lowest BCUT2D eigenvalue weighted by molar-refractivity contribution is -0.120. The van der Waals surface area contributed by atoms with Crippen molar-refractivity contribution in [1.29, 1.82) is 0 Å². The Balaban J connectivity index is 1.86. The lowest BCUT2D eigenvalue weighted by atomic mass is 10.0. The van der Waals surface area contributed by atoms with E-state index in [0.29, 0.717) is 23.1 Å². The molecule has 1 atom stereocenters. The van der Waals surface area contributed by atoms with Crippen LogP contribution in [-0.4, -0.2) is 41.0 Å². The Kier molecular flexibility index (Phi) is 5.95. The van der Waals surface area contributed by atoms with Crippen LogP contribution in [0.3, 0.4) is 0 Å². The monoisotopic (exact) mass is 430 g/mol. The van der Waals surface area contributed by atoms with Gasteiger partial charge in [0.25, 0.3) is 10.0 Å². The van der Waals surface area contributed by atoms with Crippen molar-refractivity contribution in [1.82, 2.24) is 14.1 Å². The van der Waals surface area contributed by atoms with E-state index >= 15 is 0 Å². The van der Waals surface area contributed by atoms with Crippen LogP contribution in [0.25, 0.3) is 0 Å². The number of rotatable bonds is 5. The molecule has 0 radical (unpaired) electrons. The molecule has 2 aromatic rings. The van der Waals surface area contributed by atoms with Crippen LogP contribution in [0.2, 0.25) is 4.34 Å². The van der Waals surface area contributed by atoms with Gasteiger partial charge in [-0.3, -0.25) is 4.79 Å². The molecule has 2 aromatic heterocycles. The summed E-state index contributed by atoms with van der Waals surface area (Å²) in [6, 6.07) is 4.16. The third-order valence-corrected chi connectivity index (χ3v) is 8.07. The molecular formula is C17H23ClN4O3S2. The van der Waals surface area contributed by atoms with Crippen LogP contribution in [0, 0.1) is 6.92 Å². The molecule has 1 N–H and O–H groups in total. The van der Waals surface area contributed by atoms with Gasteiger partial charge in [0.1, 0.15) is 16.1 Å². The van der Waals surface area contributed by atoms with E-state index in [2.05, 4.69) is 10.4 Å². The molecule has 0 spiro atoms. The summed E-state index contributed by atoms with van der Waals surface area (Å²) >= 11 is 6.91. The molecule has 10 heteroatoms. The number of aromatic nitrogens is 2. The number of thiophene rings is 1. The highest BCUT2D eigenvalue weighted by Gasteiger charge is 2.38. The predicted octanol–water partition coefficient (Wildman–Crippen LogP) is 3.67. The van der Waals surface area contributed by atoms with E-state index in [1.54, 1.807) is 16.8 Å². The number of hydrogen-bond acceptors (Lipinski definition) is 5. The van der Waals surface area contributed by atoms with Gasteiger partial charge in [-0.1, -0.05) is 18.0 Å². The topological polar surface area (TPSA) is 84.3 Å². The highest BCUT2D eigenvalue weighted by atomic mass is 35.5. The number of carbonyl (C=O) groups is 1. The molecular weight excluding hydrogens is 408 g/mol. The number of amides is 1. The largest absolute Gasteiger partial charge is 0.309 e. The van der Waals surface area contributed by atoms with Gasteiger partial charge in [0.05, 0.1) is 10.0 Å². The molecule has 7 nitrogen and oxygen atoms in total. The zero-order chi connectivity index (χ0) is 19.8. The van der Waals surface area contributed by atoms with Crippen molar-refractivity contribution >= 4 is 44.7 Å². The lowest BCUT2D eigenvalue weighted by Gasteiger charge is -2.33. The molecule has 0 aromatic carbocycles. The van der Waals surface area contributed by atoms with Crippen LogP contribution in [0.4, 0.5) is 5.82 Å². The van der Waals surface area contributed by atoms with Gasteiger partial charge in [0.15, 0.2) is 0 Å². The standard InChI is InChI=1S/C17H23ClN4O3S2/c1-11(2)22-15(10-12(3)20-22)19-17(23)13-6-4-5-9-21(13)27(24,25)16-8-7-14(18)26-16/h7-8,10-11,13H,4-6,9H2,1-3H3,(H,19,23). The minimum absolute atomic E-state index is 0.0773. The van der Waals surface area contributed by atoms with Crippen molar-refractivity contribution in [2.24, 2.45) is 0 Å². The number of sulfonamides is 1. The van der Waals surface area contributed by atoms with Gasteiger partial charge < -0.3 is 5.32 Å². The number of nitrogens with zero attached hydrogens (tertiary/aromatic N) is 3. The summed E-state index contributed by atoms with van der Waals surface area (Å²) in [5.41, 5.74) is 0.792. The van der Waals surface area contributed by atoms with Crippen molar-refractivity contribution in [3.05, 3.63) is 28.2 Å². The first kappa shape index (κ1) is 20.3. The Morgan fingerprint density at radius 2 is 2.11 bits per heavy atom. The summed E-state index contributed by atoms with van der Waals surface area (Å²) in [6.07, 6.45) is 2.02. The molecule has 1 amide bonds. The highest BCUT2D eigenvalue weighted by molar-refractivity contribution is 7.91. The second kappa shape index (κ2) is 7.90. The van der Waals surface area contributed by atoms with Gasteiger partial charge in [-0.25, -0.2) is 13.1 Å². The van der Waals surface area contributed by atoms with E-state index in [-0.39, 0.29) is 16.2 Å². The number of hydrogen-bond donors (Lipinski definition) is 1. The van der Waals surface area contributed by atoms with Crippen molar-refractivity contribution < 1.29 is 13.2 Å². The van der Waals surface area contributed by atoms with E-state index in [9.17, 15) is 13.2 Å². The quantitative estimate of drug-likeness (QED) is 0.784. The fourth-order valence-corrected chi connectivity index (χ4v) is 6.49. The first-order valence-corrected chi connectivity index (χ1v) is 11.5. The number of aryl methyl sites for hydroxylation is 1. The number of nitrogens with one attached hydrogen (secondary N) is 1. The van der Waals surface area contributed by atoms with E-state index < -0.39 is 16.1 Å². The Bertz CT molecular complexity index is 936. The Labute approximate surface area is 168 Å². The van der Waals surface area contributed by atoms with Crippen molar-refractivity contribution in [3.8, 4) is 0 Å². The third-order valence-electron chi connectivity index (χ3n) is 4.47. The van der Waals surface area contributed by atoms with Gasteiger partial charge in [0.2, 0.25) is 5.91 Å². The van der Waals surface area contributed by atoms with E-state index in [1.807, 2.05) is 20.8 Å². The first-order chi connectivity index (χ1) is 12.7. The predicted molar refractivity (Wildman–Crippen MR) is 107 cm³/mol. The van der Waals surface area contributed by atoms with E-state index in [4.69, 9.17) is 11.6 Å². The number of piperidine rings is 1. The van der Waals surface area contributed by atoms with E-state index in [0.717, 1.165) is 29.9 Å². The summed E-state index contributed by atoms with van der Waals surface area (Å²) in [4.78, 5) is 13.0. The summed E-state index contributed by atoms with van der Waals surface area (Å²) in [5.74, 6) is 0.248. The maximum absolute atomic E-state index is 13.0. The van der Waals surface area contributed by atoms with Crippen LogP contribution >= 0.6 is 22.9 Å². The molecule has 0 saturated carbocycles. The van der Waals surface area contributed by atoms with Gasteiger partial charge in [-0.2, -0.15) is 9.40 Å². The van der Waals surface area contributed by atoms with Crippen LogP contribution in [0.1, 0.15) is 44.8 Å². The summed E-state index contributed by atoms with van der Waals surface area (Å²) in [5, 5.41) is 7.26. The molecule has 0 bridgehead atoms. The number of carbonyl (C=O) groups excluding carboxylic acids is 1. The lowest BCUT2D eigenvalue weighted by Crippen LogP contribution is -2.49. The van der Waals surface area contributed by atoms with Gasteiger partial charge >= 0.3 is 0 Å². The second-order valence-electron chi connectivity index (χ2n) is 6.88. The third kappa shape index (κ3) is 4.21. The maximum Gasteiger partial charge on any atom is 0.253 e. The molecule has 148 valence electrons. The fraction of sp³-hybridized carbons (Fsp3) is 0.529. The Morgan fingerprint density at radius 3 is 2.74 bits per heavy atom. The summed E-state index contributed by atoms with van der Waals surface area (Å²) in [6.45, 7) is 6.12. The Morgan fingerprint density at radius 1 is 1.37 bits per heavy atom. The normalized spacial score (nSPS) is 18.8. The number of anilines is 1. The van der Waals surface area contributed by atoms with Gasteiger partial charge in [-0.15, -0.1) is 11.3 Å². The molecule has 1 saturated heterocycles. The average molecular weight is 431 g/mol. The maximum atomic E-state index is 13.0. The number of halogens is 1. The highest BCUT2D eigenvalue weighted by Crippen LogP contribution is 2.32. The molecule has 1 aliphatic heterocycles. The molecule has 3 rings (SSSR count). The van der Waals surface area contributed by atoms with E-state index in [1.165, 1.54) is 10.4 Å². The van der Waals surface area contributed by atoms with Crippen LogP contribution in [0.15, 0.2) is 22.4 Å². The second-order valence-corrected chi connectivity index (χ2v) is 10.7. The van der Waals surface area contributed by atoms with Crippen LogP contribution in [0.5, 0.6) is 0 Å². The summed E-state index contributed by atoms with van der Waals surface area (Å²) < 4.78 is 29.7. The zero-order valence-electron chi connectivity index (χ0n) is 15.5. The van der Waals surface area contributed by atoms with Gasteiger partial charge in [-0.05, 0) is 45.7 Å². The van der Waals surface area contributed by atoms with Crippen LogP contribution in [-0.2, 0) is 14.8 Å². The van der Waals surface area contributed by atoms with Crippen molar-refractivity contribution in [2.75, 3.05) is 11.9 Å². The molecule has 3 heterocycles. The van der Waals surface area contributed by atoms with Gasteiger partial charge in [0, 0.05) is 18.7 Å². The molecule has 1 unspecified atom stereocenters. The SMILES string of the molecule is Cc1cc(NC(=O)C2CCCCN2S(=O)(=O)c2ccc(Cl)s2)n(C(C)C)n1. The minimum Gasteiger partial charge on any atom is -0.309 e. The average Bonchev–Trinajstić information content (AvgIpc) is 3.21. The fourth-order valence-electron chi connectivity index (χ4n) is 3.22.